The summed E-state index contributed by atoms with van der Waals surface area (Å²) in [6, 6.07) is 0.523. The van der Waals surface area contributed by atoms with E-state index in [0.717, 1.165) is 51.2 Å². The molecule has 0 unspecified atom stereocenters. The van der Waals surface area contributed by atoms with Gasteiger partial charge in [-0.15, -0.1) is 11.3 Å². The van der Waals surface area contributed by atoms with Crippen LogP contribution in [0, 0.1) is 11.8 Å². The summed E-state index contributed by atoms with van der Waals surface area (Å²) in [5, 5.41) is 7.27. The van der Waals surface area contributed by atoms with Gasteiger partial charge in [-0.3, -0.25) is 4.79 Å². The lowest BCUT2D eigenvalue weighted by molar-refractivity contribution is -0.134. The molecule has 1 saturated heterocycles. The lowest BCUT2D eigenvalue weighted by Gasteiger charge is -2.39. The second kappa shape index (κ2) is 6.52. The van der Waals surface area contributed by atoms with Crippen molar-refractivity contribution in [1.82, 2.24) is 15.2 Å². The summed E-state index contributed by atoms with van der Waals surface area (Å²) in [6.07, 6.45) is 7.09. The van der Waals surface area contributed by atoms with Crippen molar-refractivity contribution < 1.29 is 4.79 Å². The number of thiazole rings is 1. The number of likely N-dealkylation sites (tertiary alicyclic amines) is 1. The van der Waals surface area contributed by atoms with Gasteiger partial charge in [0.25, 0.3) is 0 Å². The van der Waals surface area contributed by atoms with Crippen LogP contribution < -0.4 is 5.32 Å². The van der Waals surface area contributed by atoms with E-state index < -0.39 is 0 Å². The highest BCUT2D eigenvalue weighted by Gasteiger charge is 2.37. The van der Waals surface area contributed by atoms with Crippen molar-refractivity contribution in [2.24, 2.45) is 11.8 Å². The van der Waals surface area contributed by atoms with Crippen LogP contribution in [0.3, 0.4) is 0 Å². The van der Waals surface area contributed by atoms with Gasteiger partial charge in [0.05, 0.1) is 10.7 Å². The first kappa shape index (κ1) is 15.6. The molecule has 5 heteroatoms. The summed E-state index contributed by atoms with van der Waals surface area (Å²) in [5.74, 6) is 2.10. The number of hydrogen-bond acceptors (Lipinski definition) is 4. The number of hydrogen-bond donors (Lipinski definition) is 1. The predicted octanol–water partition coefficient (Wildman–Crippen LogP) is 3.15. The van der Waals surface area contributed by atoms with Crippen LogP contribution in [0.25, 0.3) is 0 Å². The molecule has 0 aromatic carbocycles. The molecule has 0 bridgehead atoms. The van der Waals surface area contributed by atoms with Crippen molar-refractivity contribution in [1.29, 1.82) is 0 Å². The molecular weight excluding hydrogens is 306 g/mol. The van der Waals surface area contributed by atoms with Crippen LogP contribution in [-0.2, 0) is 11.3 Å². The summed E-state index contributed by atoms with van der Waals surface area (Å²) in [5.41, 5.74) is 1.20. The molecule has 1 aliphatic heterocycles. The number of nitrogens with one attached hydrogen (secondary N) is 1. The third-order valence-electron chi connectivity index (χ3n) is 5.54. The maximum absolute atomic E-state index is 12.3. The van der Waals surface area contributed by atoms with Crippen LogP contribution in [0.4, 0.5) is 0 Å². The quantitative estimate of drug-likeness (QED) is 0.870. The highest BCUT2D eigenvalue weighted by Crippen LogP contribution is 2.41. The predicted molar refractivity (Wildman–Crippen MR) is 92.4 cm³/mol. The van der Waals surface area contributed by atoms with Crippen LogP contribution in [0.1, 0.15) is 62.1 Å². The second-order valence-corrected chi connectivity index (χ2v) is 8.34. The Morgan fingerprint density at radius 2 is 2.17 bits per heavy atom. The molecule has 1 N–H and O–H groups in total. The van der Waals surface area contributed by atoms with Crippen molar-refractivity contribution in [3.05, 3.63) is 16.1 Å². The van der Waals surface area contributed by atoms with Crippen LogP contribution in [0.15, 0.2) is 5.38 Å². The Kier molecular flexibility index (Phi) is 4.41. The molecule has 2 aliphatic carbocycles. The summed E-state index contributed by atoms with van der Waals surface area (Å²) in [6.45, 7) is 4.99. The third kappa shape index (κ3) is 3.61. The fourth-order valence-electron chi connectivity index (χ4n) is 3.66. The normalized spacial score (nSPS) is 28.1. The molecule has 1 aromatic rings. The standard InChI is InChI=1S/C18H27N3OS/c1-2-12-10-21(18(22)14-5-6-14)8-7-16(12)19-9-15-11-23-17(20-15)13-3-4-13/h11-14,16,19H,2-10H2,1H3/t12-,16-/m0/s1. The number of nitrogens with zero attached hydrogens (tertiary/aromatic N) is 2. The van der Waals surface area contributed by atoms with E-state index in [9.17, 15) is 4.79 Å². The smallest absolute Gasteiger partial charge is 0.225 e. The Balaban J connectivity index is 1.30. The van der Waals surface area contributed by atoms with Gasteiger partial charge in [0.15, 0.2) is 0 Å². The van der Waals surface area contributed by atoms with Gasteiger partial charge in [-0.2, -0.15) is 0 Å². The van der Waals surface area contributed by atoms with Crippen LogP contribution in [-0.4, -0.2) is 34.9 Å². The molecule has 0 radical (unpaired) electrons. The summed E-state index contributed by atoms with van der Waals surface area (Å²) < 4.78 is 0. The van der Waals surface area contributed by atoms with Gasteiger partial charge in [0.1, 0.15) is 0 Å². The molecule has 23 heavy (non-hydrogen) atoms. The summed E-state index contributed by atoms with van der Waals surface area (Å²) >= 11 is 1.82. The topological polar surface area (TPSA) is 45.2 Å². The monoisotopic (exact) mass is 333 g/mol. The van der Waals surface area contributed by atoms with E-state index in [4.69, 9.17) is 4.98 Å². The first-order valence-corrected chi connectivity index (χ1v) is 10.1. The Bertz CT molecular complexity index is 564. The number of rotatable bonds is 6. The number of carbonyl (C=O) groups is 1. The average molecular weight is 334 g/mol. The van der Waals surface area contributed by atoms with Gasteiger partial charge < -0.3 is 10.2 Å². The fraction of sp³-hybridized carbons (Fsp3) is 0.778. The molecule has 4 nitrogen and oxygen atoms in total. The lowest BCUT2D eigenvalue weighted by Crippen LogP contribution is -2.51. The van der Waals surface area contributed by atoms with E-state index in [1.807, 2.05) is 11.3 Å². The van der Waals surface area contributed by atoms with Gasteiger partial charge in [0.2, 0.25) is 5.91 Å². The molecule has 2 heterocycles. The van der Waals surface area contributed by atoms with E-state index in [-0.39, 0.29) is 0 Å². The zero-order chi connectivity index (χ0) is 15.8. The van der Waals surface area contributed by atoms with E-state index in [1.165, 1.54) is 23.5 Å². The van der Waals surface area contributed by atoms with Crippen molar-refractivity contribution in [2.45, 2.75) is 64.0 Å². The first-order valence-electron chi connectivity index (χ1n) is 9.21. The van der Waals surface area contributed by atoms with E-state index in [1.54, 1.807) is 0 Å². The number of carbonyl (C=O) groups excluding carboxylic acids is 1. The zero-order valence-corrected chi connectivity index (χ0v) is 14.8. The largest absolute Gasteiger partial charge is 0.342 e. The Hall–Kier alpha value is -0.940. The van der Waals surface area contributed by atoms with Crippen molar-refractivity contribution >= 4 is 17.2 Å². The molecule has 2 saturated carbocycles. The first-order chi connectivity index (χ1) is 11.2. The minimum absolute atomic E-state index is 0.355. The molecule has 126 valence electrons. The molecule has 4 rings (SSSR count). The Morgan fingerprint density at radius 3 is 2.87 bits per heavy atom. The zero-order valence-electron chi connectivity index (χ0n) is 14.0. The molecule has 2 atom stereocenters. The highest BCUT2D eigenvalue weighted by molar-refractivity contribution is 7.09. The van der Waals surface area contributed by atoms with Crippen LogP contribution >= 0.6 is 11.3 Å². The van der Waals surface area contributed by atoms with Crippen LogP contribution in [0.5, 0.6) is 0 Å². The Morgan fingerprint density at radius 1 is 1.35 bits per heavy atom. The lowest BCUT2D eigenvalue weighted by atomic mass is 9.89. The van der Waals surface area contributed by atoms with Gasteiger partial charge >= 0.3 is 0 Å². The fourth-order valence-corrected chi connectivity index (χ4v) is 4.65. The van der Waals surface area contributed by atoms with Crippen molar-refractivity contribution in [3.8, 4) is 0 Å². The van der Waals surface area contributed by atoms with Gasteiger partial charge in [-0.25, -0.2) is 4.98 Å². The van der Waals surface area contributed by atoms with Gasteiger partial charge in [0, 0.05) is 42.9 Å². The second-order valence-electron chi connectivity index (χ2n) is 7.45. The molecule has 0 spiro atoms. The molecule has 3 fully saturated rings. The maximum Gasteiger partial charge on any atom is 0.225 e. The highest BCUT2D eigenvalue weighted by atomic mass is 32.1. The SMILES string of the molecule is CC[C@H]1CN(C(=O)C2CC2)CC[C@@H]1NCc1csc(C2CC2)n1. The molecule has 3 aliphatic rings. The van der Waals surface area contributed by atoms with E-state index >= 15 is 0 Å². The van der Waals surface area contributed by atoms with Crippen molar-refractivity contribution in [2.75, 3.05) is 13.1 Å². The maximum atomic E-state index is 12.3. The number of amides is 1. The average Bonchev–Trinajstić information content (AvgIpc) is 3.50. The van der Waals surface area contributed by atoms with Crippen LogP contribution in [0.2, 0.25) is 0 Å². The van der Waals surface area contributed by atoms with Gasteiger partial charge in [-0.1, -0.05) is 13.3 Å². The molecule has 1 amide bonds. The third-order valence-corrected chi connectivity index (χ3v) is 6.59. The van der Waals surface area contributed by atoms with E-state index in [0.29, 0.717) is 23.8 Å². The molecule has 1 aromatic heterocycles. The minimum Gasteiger partial charge on any atom is -0.342 e. The van der Waals surface area contributed by atoms with E-state index in [2.05, 4.69) is 22.5 Å². The number of aromatic nitrogens is 1. The Labute approximate surface area is 142 Å². The van der Waals surface area contributed by atoms with Crippen molar-refractivity contribution in [3.63, 3.8) is 0 Å². The van der Waals surface area contributed by atoms with Gasteiger partial charge in [-0.05, 0) is 38.0 Å². The molecular formula is C18H27N3OS. The summed E-state index contributed by atoms with van der Waals surface area (Å²) in [7, 11) is 0. The summed E-state index contributed by atoms with van der Waals surface area (Å²) in [4.78, 5) is 19.2. The minimum atomic E-state index is 0.355. The number of piperidine rings is 1.